The number of nitrogens with zero attached hydrogens (tertiary/aromatic N) is 4. The van der Waals surface area contributed by atoms with Crippen molar-refractivity contribution in [3.8, 4) is 0 Å². The second-order valence-electron chi connectivity index (χ2n) is 3.73. The van der Waals surface area contributed by atoms with Gasteiger partial charge in [0.2, 0.25) is 5.11 Å². The van der Waals surface area contributed by atoms with E-state index in [0.29, 0.717) is 17.5 Å². The Morgan fingerprint density at radius 3 is 2.59 bits per heavy atom. The molecule has 0 aromatic rings. The number of aliphatic hydroxyl groups is 1. The third-order valence-corrected chi connectivity index (χ3v) is 2.54. The normalized spacial score (nSPS) is 20.8. The first-order valence-corrected chi connectivity index (χ1v) is 5.48. The van der Waals surface area contributed by atoms with E-state index in [0.717, 1.165) is 10.6 Å². The van der Waals surface area contributed by atoms with Gasteiger partial charge in [-0.2, -0.15) is 0 Å². The van der Waals surface area contributed by atoms with Crippen LogP contribution in [-0.2, 0) is 0 Å². The topological polar surface area (TPSA) is 71.7 Å². The molecule has 17 heavy (non-hydrogen) atoms. The van der Waals surface area contributed by atoms with Crippen LogP contribution in [0.25, 0.3) is 0 Å². The number of thiocarbonyl (C=S) groups is 1. The molecule has 2 aliphatic rings. The summed E-state index contributed by atoms with van der Waals surface area (Å²) in [5, 5.41) is 27.6. The molecule has 0 aromatic carbocycles. The van der Waals surface area contributed by atoms with Gasteiger partial charge in [0.05, 0.1) is 12.6 Å². The first-order chi connectivity index (χ1) is 8.08. The molecule has 0 bridgehead atoms. The summed E-state index contributed by atoms with van der Waals surface area (Å²) < 4.78 is 0. The summed E-state index contributed by atoms with van der Waals surface area (Å²) in [7, 11) is 0. The van der Waals surface area contributed by atoms with Gasteiger partial charge >= 0.3 is 0 Å². The van der Waals surface area contributed by atoms with Crippen LogP contribution in [0.1, 0.15) is 6.92 Å². The van der Waals surface area contributed by atoms with Crippen LogP contribution in [0.4, 0.5) is 0 Å². The van der Waals surface area contributed by atoms with Crippen LogP contribution in [0.3, 0.4) is 0 Å². The summed E-state index contributed by atoms with van der Waals surface area (Å²) in [6.07, 6.45) is 5.83. The molecule has 0 amide bonds. The van der Waals surface area contributed by atoms with Crippen LogP contribution in [-0.4, -0.2) is 38.0 Å². The van der Waals surface area contributed by atoms with Gasteiger partial charge in [0, 0.05) is 18.0 Å². The maximum atomic E-state index is 9.40. The molecule has 7 heteroatoms. The number of azo groups is 1. The number of allylic oxidation sites excluding steroid dienone is 3. The Bertz CT molecular complexity index is 437. The lowest BCUT2D eigenvalue weighted by molar-refractivity contribution is 0.0104. The fraction of sp³-hybridized carbons (Fsp3) is 0.300. The molecular weight excluding hydrogens is 240 g/mol. The first kappa shape index (κ1) is 11.9. The predicted octanol–water partition coefficient (Wildman–Crippen LogP) is 1.36. The van der Waals surface area contributed by atoms with Crippen molar-refractivity contribution in [3.05, 3.63) is 35.9 Å². The standard InChI is InChI=1S/C10H12N4O2S/c1-7(15)6-14-9(11-12-10(14)17)8-2-4-13(16)5-3-8/h2-5,7,15-16H,6H2,1H3. The van der Waals surface area contributed by atoms with Crippen molar-refractivity contribution >= 4 is 17.3 Å². The Labute approximate surface area is 104 Å². The van der Waals surface area contributed by atoms with Crippen molar-refractivity contribution in [2.45, 2.75) is 13.0 Å². The molecule has 6 nitrogen and oxygen atoms in total. The predicted molar refractivity (Wildman–Crippen MR) is 64.8 cm³/mol. The van der Waals surface area contributed by atoms with Crippen molar-refractivity contribution < 1.29 is 10.3 Å². The van der Waals surface area contributed by atoms with Gasteiger partial charge in [-0.15, -0.1) is 10.2 Å². The average Bonchev–Trinajstić information content (AvgIpc) is 2.61. The highest BCUT2D eigenvalue weighted by Crippen LogP contribution is 2.24. The van der Waals surface area contributed by atoms with Crippen molar-refractivity contribution in [2.24, 2.45) is 10.2 Å². The molecule has 2 heterocycles. The molecular formula is C10H12N4O2S. The van der Waals surface area contributed by atoms with Crippen molar-refractivity contribution in [2.75, 3.05) is 6.54 Å². The Morgan fingerprint density at radius 1 is 1.35 bits per heavy atom. The fourth-order valence-electron chi connectivity index (χ4n) is 1.50. The molecule has 0 saturated carbocycles. The van der Waals surface area contributed by atoms with Gasteiger partial charge in [-0.05, 0) is 31.3 Å². The quantitative estimate of drug-likeness (QED) is 0.726. The number of aliphatic hydroxyl groups excluding tert-OH is 1. The molecule has 2 aliphatic heterocycles. The number of hydrogen-bond donors (Lipinski definition) is 2. The third-order valence-electron chi connectivity index (χ3n) is 2.24. The fourth-order valence-corrected chi connectivity index (χ4v) is 1.70. The molecule has 2 rings (SSSR count). The second-order valence-corrected chi connectivity index (χ2v) is 4.10. The first-order valence-electron chi connectivity index (χ1n) is 5.07. The minimum absolute atomic E-state index is 0.335. The highest BCUT2D eigenvalue weighted by Gasteiger charge is 2.24. The van der Waals surface area contributed by atoms with Crippen LogP contribution >= 0.6 is 12.2 Å². The summed E-state index contributed by atoms with van der Waals surface area (Å²) >= 11 is 5.04. The molecule has 1 unspecified atom stereocenters. The van der Waals surface area contributed by atoms with E-state index in [1.165, 1.54) is 12.4 Å². The van der Waals surface area contributed by atoms with Gasteiger partial charge in [-0.25, -0.2) is 5.06 Å². The number of rotatable bonds is 2. The molecule has 90 valence electrons. The van der Waals surface area contributed by atoms with Crippen LogP contribution in [0.5, 0.6) is 0 Å². The Morgan fingerprint density at radius 2 is 2.00 bits per heavy atom. The maximum absolute atomic E-state index is 9.40. The summed E-state index contributed by atoms with van der Waals surface area (Å²) in [5.41, 5.74) is 0.777. The van der Waals surface area contributed by atoms with Gasteiger partial charge < -0.3 is 5.11 Å². The van der Waals surface area contributed by atoms with E-state index in [1.807, 2.05) is 0 Å². The number of hydroxylamine groups is 2. The third kappa shape index (κ3) is 2.57. The number of hydrogen-bond acceptors (Lipinski definition) is 5. The Balaban J connectivity index is 2.28. The Hall–Kier alpha value is -1.57. The van der Waals surface area contributed by atoms with E-state index in [9.17, 15) is 5.11 Å². The van der Waals surface area contributed by atoms with E-state index < -0.39 is 6.10 Å². The zero-order valence-electron chi connectivity index (χ0n) is 9.19. The summed E-state index contributed by atoms with van der Waals surface area (Å²) in [5.74, 6) is 0.580. The lowest BCUT2D eigenvalue weighted by Crippen LogP contribution is -2.31. The summed E-state index contributed by atoms with van der Waals surface area (Å²) in [6.45, 7) is 2.01. The average molecular weight is 252 g/mol. The van der Waals surface area contributed by atoms with Crippen molar-refractivity contribution in [1.82, 2.24) is 9.96 Å². The smallest absolute Gasteiger partial charge is 0.222 e. The zero-order valence-corrected chi connectivity index (χ0v) is 10.0. The maximum Gasteiger partial charge on any atom is 0.222 e. The SMILES string of the molecule is CC(O)CN1C(=S)N=NC1=C1C=CN(O)C=C1. The minimum Gasteiger partial charge on any atom is -0.392 e. The summed E-state index contributed by atoms with van der Waals surface area (Å²) in [4.78, 5) is 1.66. The molecule has 0 radical (unpaired) electrons. The van der Waals surface area contributed by atoms with Crippen LogP contribution < -0.4 is 0 Å². The van der Waals surface area contributed by atoms with E-state index in [1.54, 1.807) is 24.0 Å². The molecule has 0 fully saturated rings. The van der Waals surface area contributed by atoms with Gasteiger partial charge in [0.1, 0.15) is 0 Å². The second kappa shape index (κ2) is 4.74. The number of β-amino-alcohol motifs (C(OH)–C–C–N with tert-alkyl or cyclic N) is 1. The van der Waals surface area contributed by atoms with Gasteiger partial charge in [-0.3, -0.25) is 10.1 Å². The Kier molecular flexibility index (Phi) is 3.32. The molecule has 2 N–H and O–H groups in total. The lowest BCUT2D eigenvalue weighted by atomic mass is 10.2. The molecule has 0 aromatic heterocycles. The van der Waals surface area contributed by atoms with E-state index in [-0.39, 0.29) is 0 Å². The van der Waals surface area contributed by atoms with Crippen molar-refractivity contribution in [3.63, 3.8) is 0 Å². The highest BCUT2D eigenvalue weighted by molar-refractivity contribution is 7.80. The minimum atomic E-state index is -0.530. The zero-order chi connectivity index (χ0) is 12.4. The highest BCUT2D eigenvalue weighted by atomic mass is 32.1. The lowest BCUT2D eigenvalue weighted by Gasteiger charge is -2.20. The van der Waals surface area contributed by atoms with Crippen LogP contribution in [0.2, 0.25) is 0 Å². The van der Waals surface area contributed by atoms with Gasteiger partial charge in [0.15, 0.2) is 5.82 Å². The molecule has 0 saturated heterocycles. The van der Waals surface area contributed by atoms with Crippen molar-refractivity contribution in [1.29, 1.82) is 0 Å². The monoisotopic (exact) mass is 252 g/mol. The van der Waals surface area contributed by atoms with E-state index >= 15 is 0 Å². The van der Waals surface area contributed by atoms with E-state index in [2.05, 4.69) is 10.2 Å². The largest absolute Gasteiger partial charge is 0.392 e. The van der Waals surface area contributed by atoms with Crippen LogP contribution in [0, 0.1) is 0 Å². The molecule has 1 atom stereocenters. The molecule has 0 spiro atoms. The van der Waals surface area contributed by atoms with Gasteiger partial charge in [0.25, 0.3) is 0 Å². The summed E-state index contributed by atoms with van der Waals surface area (Å²) in [6, 6.07) is 0. The molecule has 0 aliphatic carbocycles. The van der Waals surface area contributed by atoms with E-state index in [4.69, 9.17) is 17.4 Å². The van der Waals surface area contributed by atoms with Gasteiger partial charge in [-0.1, -0.05) is 0 Å². The van der Waals surface area contributed by atoms with Crippen LogP contribution in [0.15, 0.2) is 46.2 Å².